The molecule has 0 aliphatic rings. The van der Waals surface area contributed by atoms with Gasteiger partial charge in [-0.05, 0) is 29.8 Å². The monoisotopic (exact) mass is 253 g/mol. The van der Waals surface area contributed by atoms with Crippen molar-refractivity contribution in [2.45, 2.75) is 6.92 Å². The zero-order chi connectivity index (χ0) is 13.4. The van der Waals surface area contributed by atoms with Crippen LogP contribution in [0.1, 0.15) is 5.69 Å². The number of benzene rings is 2. The Labute approximate surface area is 111 Å². The number of fused-ring (bicyclic) bond motifs is 1. The molecule has 19 heavy (non-hydrogen) atoms. The van der Waals surface area contributed by atoms with Crippen molar-refractivity contribution < 1.29 is 4.74 Å². The second-order valence-corrected chi connectivity index (χ2v) is 4.54. The van der Waals surface area contributed by atoms with Gasteiger partial charge >= 0.3 is 0 Å². The lowest BCUT2D eigenvalue weighted by molar-refractivity contribution is 0.433. The van der Waals surface area contributed by atoms with Gasteiger partial charge in [-0.3, -0.25) is 0 Å². The Morgan fingerprint density at radius 1 is 1.11 bits per heavy atom. The SMILES string of the molecule is Cc1nn(C)c(Oc2ccc3ccccc3c2)c1N. The summed E-state index contributed by atoms with van der Waals surface area (Å²) in [6, 6.07) is 14.1. The van der Waals surface area contributed by atoms with Crippen molar-refractivity contribution >= 4 is 16.5 Å². The first kappa shape index (κ1) is 11.6. The normalized spacial score (nSPS) is 10.8. The highest BCUT2D eigenvalue weighted by molar-refractivity contribution is 5.83. The van der Waals surface area contributed by atoms with Crippen LogP contribution in [0, 0.1) is 6.92 Å². The van der Waals surface area contributed by atoms with Crippen molar-refractivity contribution in [1.82, 2.24) is 9.78 Å². The Bertz CT molecular complexity index is 746. The van der Waals surface area contributed by atoms with Crippen molar-refractivity contribution in [2.75, 3.05) is 5.73 Å². The molecule has 4 nitrogen and oxygen atoms in total. The number of hydrogen-bond acceptors (Lipinski definition) is 3. The van der Waals surface area contributed by atoms with E-state index in [9.17, 15) is 0 Å². The van der Waals surface area contributed by atoms with Gasteiger partial charge in [0, 0.05) is 7.05 Å². The van der Waals surface area contributed by atoms with Crippen molar-refractivity contribution in [3.05, 3.63) is 48.2 Å². The van der Waals surface area contributed by atoms with Crippen LogP contribution < -0.4 is 10.5 Å². The first-order valence-corrected chi connectivity index (χ1v) is 6.11. The first-order chi connectivity index (χ1) is 9.15. The molecule has 0 fully saturated rings. The van der Waals surface area contributed by atoms with E-state index in [-0.39, 0.29) is 0 Å². The fraction of sp³-hybridized carbons (Fsp3) is 0.133. The predicted octanol–water partition coefficient (Wildman–Crippen LogP) is 3.26. The molecule has 0 saturated carbocycles. The van der Waals surface area contributed by atoms with Gasteiger partial charge in [-0.25, -0.2) is 4.68 Å². The van der Waals surface area contributed by atoms with E-state index < -0.39 is 0 Å². The van der Waals surface area contributed by atoms with Gasteiger partial charge in [-0.15, -0.1) is 0 Å². The topological polar surface area (TPSA) is 53.1 Å². The fourth-order valence-corrected chi connectivity index (χ4v) is 2.12. The molecule has 1 aromatic heterocycles. The molecule has 3 rings (SSSR count). The van der Waals surface area contributed by atoms with E-state index in [0.717, 1.165) is 16.8 Å². The Kier molecular flexibility index (Phi) is 2.63. The summed E-state index contributed by atoms with van der Waals surface area (Å²) >= 11 is 0. The van der Waals surface area contributed by atoms with E-state index in [1.807, 2.05) is 44.3 Å². The van der Waals surface area contributed by atoms with Crippen LogP contribution in [0.2, 0.25) is 0 Å². The number of nitrogens with zero attached hydrogens (tertiary/aromatic N) is 2. The standard InChI is InChI=1S/C15H15N3O/c1-10-14(16)15(18(2)17-10)19-13-8-7-11-5-3-4-6-12(11)9-13/h3-9H,16H2,1-2H3. The van der Waals surface area contributed by atoms with Gasteiger partial charge in [-0.2, -0.15) is 5.10 Å². The highest BCUT2D eigenvalue weighted by atomic mass is 16.5. The molecule has 0 aliphatic carbocycles. The fourth-order valence-electron chi connectivity index (χ4n) is 2.12. The molecule has 0 amide bonds. The van der Waals surface area contributed by atoms with E-state index in [1.165, 1.54) is 5.39 Å². The lowest BCUT2D eigenvalue weighted by atomic mass is 10.1. The molecule has 3 aromatic rings. The van der Waals surface area contributed by atoms with E-state index in [2.05, 4.69) is 17.2 Å². The second-order valence-electron chi connectivity index (χ2n) is 4.54. The van der Waals surface area contributed by atoms with Crippen LogP contribution in [0.25, 0.3) is 10.8 Å². The summed E-state index contributed by atoms with van der Waals surface area (Å²) in [6.07, 6.45) is 0. The van der Waals surface area contributed by atoms with E-state index in [4.69, 9.17) is 10.5 Å². The number of nitrogen functional groups attached to an aromatic ring is 1. The number of nitrogens with two attached hydrogens (primary N) is 1. The Morgan fingerprint density at radius 3 is 2.53 bits per heavy atom. The lowest BCUT2D eigenvalue weighted by Crippen LogP contribution is -1.97. The minimum atomic E-state index is 0.577. The van der Waals surface area contributed by atoms with Crippen LogP contribution in [-0.4, -0.2) is 9.78 Å². The zero-order valence-electron chi connectivity index (χ0n) is 10.9. The molecule has 0 bridgehead atoms. The Balaban J connectivity index is 2.01. The van der Waals surface area contributed by atoms with Gasteiger partial charge in [0.1, 0.15) is 11.4 Å². The highest BCUT2D eigenvalue weighted by Gasteiger charge is 2.12. The maximum atomic E-state index is 5.96. The van der Waals surface area contributed by atoms with E-state index in [0.29, 0.717) is 11.6 Å². The van der Waals surface area contributed by atoms with Crippen molar-refractivity contribution in [1.29, 1.82) is 0 Å². The van der Waals surface area contributed by atoms with Crippen LogP contribution in [-0.2, 0) is 7.05 Å². The average molecular weight is 253 g/mol. The summed E-state index contributed by atoms with van der Waals surface area (Å²) < 4.78 is 7.50. The molecular formula is C15H15N3O. The molecule has 2 aromatic carbocycles. The number of ether oxygens (including phenoxy) is 1. The van der Waals surface area contributed by atoms with Crippen LogP contribution >= 0.6 is 0 Å². The molecule has 0 unspecified atom stereocenters. The lowest BCUT2D eigenvalue weighted by Gasteiger charge is -2.07. The molecule has 0 saturated heterocycles. The number of hydrogen-bond donors (Lipinski definition) is 1. The molecule has 2 N–H and O–H groups in total. The molecular weight excluding hydrogens is 238 g/mol. The summed E-state index contributed by atoms with van der Waals surface area (Å²) in [5, 5.41) is 6.56. The third-order valence-corrected chi connectivity index (χ3v) is 3.15. The van der Waals surface area contributed by atoms with Gasteiger partial charge in [0.05, 0.1) is 5.69 Å². The Morgan fingerprint density at radius 2 is 1.84 bits per heavy atom. The molecule has 0 radical (unpaired) electrons. The van der Waals surface area contributed by atoms with E-state index >= 15 is 0 Å². The minimum Gasteiger partial charge on any atom is -0.437 e. The number of aromatic nitrogens is 2. The Hall–Kier alpha value is -2.49. The summed E-state index contributed by atoms with van der Waals surface area (Å²) in [6.45, 7) is 1.86. The summed E-state index contributed by atoms with van der Waals surface area (Å²) in [5.41, 5.74) is 7.31. The maximum absolute atomic E-state index is 5.96. The van der Waals surface area contributed by atoms with Gasteiger partial charge in [-0.1, -0.05) is 30.3 Å². The zero-order valence-corrected chi connectivity index (χ0v) is 10.9. The van der Waals surface area contributed by atoms with E-state index in [1.54, 1.807) is 4.68 Å². The van der Waals surface area contributed by atoms with Crippen molar-refractivity contribution in [3.63, 3.8) is 0 Å². The molecule has 4 heteroatoms. The number of aryl methyl sites for hydroxylation is 2. The second kappa shape index (κ2) is 4.31. The van der Waals surface area contributed by atoms with Gasteiger partial charge < -0.3 is 10.5 Å². The average Bonchev–Trinajstić information content (AvgIpc) is 2.65. The quantitative estimate of drug-likeness (QED) is 0.762. The summed E-state index contributed by atoms with van der Waals surface area (Å²) in [4.78, 5) is 0. The van der Waals surface area contributed by atoms with Crippen molar-refractivity contribution in [2.24, 2.45) is 7.05 Å². The largest absolute Gasteiger partial charge is 0.437 e. The maximum Gasteiger partial charge on any atom is 0.241 e. The van der Waals surface area contributed by atoms with Gasteiger partial charge in [0.15, 0.2) is 0 Å². The first-order valence-electron chi connectivity index (χ1n) is 6.11. The minimum absolute atomic E-state index is 0.577. The molecule has 1 heterocycles. The number of anilines is 1. The van der Waals surface area contributed by atoms with Gasteiger partial charge in [0.2, 0.25) is 5.88 Å². The van der Waals surface area contributed by atoms with Crippen LogP contribution in [0.5, 0.6) is 11.6 Å². The highest BCUT2D eigenvalue weighted by Crippen LogP contribution is 2.30. The van der Waals surface area contributed by atoms with Crippen LogP contribution in [0.4, 0.5) is 5.69 Å². The predicted molar refractivity (Wildman–Crippen MR) is 76.4 cm³/mol. The smallest absolute Gasteiger partial charge is 0.241 e. The molecule has 96 valence electrons. The molecule has 0 spiro atoms. The van der Waals surface area contributed by atoms with Gasteiger partial charge in [0.25, 0.3) is 0 Å². The van der Waals surface area contributed by atoms with Crippen LogP contribution in [0.15, 0.2) is 42.5 Å². The summed E-state index contributed by atoms with van der Waals surface area (Å²) in [5.74, 6) is 1.33. The number of rotatable bonds is 2. The third kappa shape index (κ3) is 2.01. The van der Waals surface area contributed by atoms with Crippen LogP contribution in [0.3, 0.4) is 0 Å². The third-order valence-electron chi connectivity index (χ3n) is 3.15. The van der Waals surface area contributed by atoms with Crippen molar-refractivity contribution in [3.8, 4) is 11.6 Å². The molecule has 0 aliphatic heterocycles. The molecule has 0 atom stereocenters. The summed E-state index contributed by atoms with van der Waals surface area (Å²) in [7, 11) is 1.82.